The maximum absolute atomic E-state index is 4.61. The monoisotopic (exact) mass is 299 g/mol. The van der Waals surface area contributed by atoms with E-state index in [1.54, 1.807) is 0 Å². The second-order valence-electron chi connectivity index (χ2n) is 6.65. The van der Waals surface area contributed by atoms with Crippen molar-refractivity contribution < 1.29 is 0 Å². The van der Waals surface area contributed by atoms with Gasteiger partial charge < -0.3 is 4.90 Å². The Morgan fingerprint density at radius 3 is 2.50 bits per heavy atom. The van der Waals surface area contributed by atoms with Gasteiger partial charge in [-0.1, -0.05) is 0 Å². The van der Waals surface area contributed by atoms with Gasteiger partial charge in [-0.2, -0.15) is 5.10 Å². The van der Waals surface area contributed by atoms with E-state index in [-0.39, 0.29) is 0 Å². The van der Waals surface area contributed by atoms with E-state index in [4.69, 9.17) is 0 Å². The second kappa shape index (κ2) is 6.57. The van der Waals surface area contributed by atoms with Crippen molar-refractivity contribution >= 4 is 0 Å². The molecule has 0 aliphatic carbocycles. The van der Waals surface area contributed by atoms with Gasteiger partial charge in [0.25, 0.3) is 0 Å². The molecule has 2 aromatic heterocycles. The molecule has 5 heteroatoms. The quantitative estimate of drug-likeness (QED) is 0.871. The molecule has 1 aliphatic rings. The minimum absolute atomic E-state index is 0.366. The molecular formula is C17H25N5. The molecule has 0 N–H and O–H groups in total. The van der Waals surface area contributed by atoms with Crippen LogP contribution in [0.15, 0.2) is 24.8 Å². The Bertz CT molecular complexity index is 594. The Kier molecular flexibility index (Phi) is 4.52. The van der Waals surface area contributed by atoms with Crippen LogP contribution >= 0.6 is 0 Å². The Morgan fingerprint density at radius 2 is 1.91 bits per heavy atom. The average Bonchev–Trinajstić information content (AvgIpc) is 3.00. The van der Waals surface area contributed by atoms with Crippen LogP contribution in [0.2, 0.25) is 0 Å². The Morgan fingerprint density at radius 1 is 1.14 bits per heavy atom. The summed E-state index contributed by atoms with van der Waals surface area (Å²) < 4.78 is 1.95. The molecule has 0 radical (unpaired) electrons. The van der Waals surface area contributed by atoms with Gasteiger partial charge in [0, 0.05) is 24.0 Å². The third kappa shape index (κ3) is 3.53. The normalized spacial score (nSPS) is 17.3. The highest BCUT2D eigenvalue weighted by atomic mass is 15.3. The number of rotatable bonds is 4. The zero-order valence-electron chi connectivity index (χ0n) is 13.7. The van der Waals surface area contributed by atoms with Crippen molar-refractivity contribution in [3.8, 4) is 11.3 Å². The largest absolute Gasteiger partial charge is 0.306 e. The van der Waals surface area contributed by atoms with Gasteiger partial charge in [0.15, 0.2) is 0 Å². The number of likely N-dealkylation sites (tertiary alicyclic amines) is 1. The maximum atomic E-state index is 4.61. The lowest BCUT2D eigenvalue weighted by molar-refractivity contribution is 0.218. The zero-order valence-corrected chi connectivity index (χ0v) is 13.7. The SMILES string of the molecule is CC(C)n1cc(-c2cnc(CC3CCN(C)CC3)cn2)cn1. The van der Waals surface area contributed by atoms with E-state index in [0.29, 0.717) is 6.04 Å². The zero-order chi connectivity index (χ0) is 15.5. The van der Waals surface area contributed by atoms with Gasteiger partial charge in [-0.05, 0) is 59.2 Å². The molecule has 0 amide bonds. The third-order valence-electron chi connectivity index (χ3n) is 4.47. The van der Waals surface area contributed by atoms with Gasteiger partial charge in [0.1, 0.15) is 0 Å². The summed E-state index contributed by atoms with van der Waals surface area (Å²) in [4.78, 5) is 11.6. The third-order valence-corrected chi connectivity index (χ3v) is 4.47. The molecule has 0 unspecified atom stereocenters. The molecule has 0 bridgehead atoms. The van der Waals surface area contributed by atoms with Crippen molar-refractivity contribution in [2.75, 3.05) is 20.1 Å². The van der Waals surface area contributed by atoms with Gasteiger partial charge in [0.05, 0.1) is 23.8 Å². The first-order valence-corrected chi connectivity index (χ1v) is 8.16. The molecule has 3 rings (SSSR count). The molecule has 0 saturated carbocycles. The topological polar surface area (TPSA) is 46.8 Å². The number of hydrogen-bond donors (Lipinski definition) is 0. The molecule has 5 nitrogen and oxygen atoms in total. The van der Waals surface area contributed by atoms with Gasteiger partial charge in [-0.3, -0.25) is 14.6 Å². The van der Waals surface area contributed by atoms with E-state index < -0.39 is 0 Å². The summed E-state index contributed by atoms with van der Waals surface area (Å²) in [6.07, 6.45) is 11.3. The van der Waals surface area contributed by atoms with Crippen molar-refractivity contribution in [3.63, 3.8) is 0 Å². The molecule has 2 aromatic rings. The van der Waals surface area contributed by atoms with Crippen LogP contribution in [0.5, 0.6) is 0 Å². The first-order valence-electron chi connectivity index (χ1n) is 8.16. The molecular weight excluding hydrogens is 274 g/mol. The predicted molar refractivity (Wildman–Crippen MR) is 87.6 cm³/mol. The van der Waals surface area contributed by atoms with Crippen molar-refractivity contribution in [1.82, 2.24) is 24.6 Å². The lowest BCUT2D eigenvalue weighted by Gasteiger charge is -2.28. The summed E-state index contributed by atoms with van der Waals surface area (Å²) >= 11 is 0. The Labute approximate surface area is 132 Å². The van der Waals surface area contributed by atoms with E-state index in [0.717, 1.165) is 29.3 Å². The molecule has 118 valence electrons. The number of aromatic nitrogens is 4. The van der Waals surface area contributed by atoms with Gasteiger partial charge in [-0.15, -0.1) is 0 Å². The summed E-state index contributed by atoms with van der Waals surface area (Å²) in [5.74, 6) is 0.750. The van der Waals surface area contributed by atoms with E-state index >= 15 is 0 Å². The molecule has 1 aliphatic heterocycles. The van der Waals surface area contributed by atoms with Crippen LogP contribution in [0, 0.1) is 5.92 Å². The van der Waals surface area contributed by atoms with Gasteiger partial charge >= 0.3 is 0 Å². The van der Waals surface area contributed by atoms with E-state index in [9.17, 15) is 0 Å². The first kappa shape index (κ1) is 15.2. The minimum Gasteiger partial charge on any atom is -0.306 e. The van der Waals surface area contributed by atoms with Crippen LogP contribution in [0.4, 0.5) is 0 Å². The molecule has 3 heterocycles. The number of piperidine rings is 1. The van der Waals surface area contributed by atoms with Crippen LogP contribution < -0.4 is 0 Å². The summed E-state index contributed by atoms with van der Waals surface area (Å²) in [5.41, 5.74) is 3.04. The van der Waals surface area contributed by atoms with Crippen LogP contribution in [-0.4, -0.2) is 44.8 Å². The fourth-order valence-electron chi connectivity index (χ4n) is 2.92. The standard InChI is InChI=1S/C17H25N5/c1-13(2)22-12-15(9-20-22)17-11-18-16(10-19-17)8-14-4-6-21(3)7-5-14/h9-14H,4-8H2,1-3H3. The van der Waals surface area contributed by atoms with Crippen molar-refractivity contribution in [2.45, 2.75) is 39.2 Å². The smallest absolute Gasteiger partial charge is 0.0916 e. The van der Waals surface area contributed by atoms with Crippen LogP contribution in [0.3, 0.4) is 0 Å². The molecule has 1 saturated heterocycles. The maximum Gasteiger partial charge on any atom is 0.0916 e. The highest BCUT2D eigenvalue weighted by molar-refractivity contribution is 5.55. The average molecular weight is 299 g/mol. The van der Waals surface area contributed by atoms with E-state index in [2.05, 4.69) is 40.9 Å². The van der Waals surface area contributed by atoms with Crippen LogP contribution in [-0.2, 0) is 6.42 Å². The molecule has 22 heavy (non-hydrogen) atoms. The van der Waals surface area contributed by atoms with E-state index in [1.807, 2.05) is 29.5 Å². The van der Waals surface area contributed by atoms with Crippen molar-refractivity contribution in [3.05, 3.63) is 30.5 Å². The second-order valence-corrected chi connectivity index (χ2v) is 6.65. The number of hydrogen-bond acceptors (Lipinski definition) is 4. The predicted octanol–water partition coefficient (Wildman–Crippen LogP) is 2.81. The molecule has 1 fully saturated rings. The fraction of sp³-hybridized carbons (Fsp3) is 0.588. The highest BCUT2D eigenvalue weighted by Crippen LogP contribution is 2.21. The van der Waals surface area contributed by atoms with Crippen molar-refractivity contribution in [1.29, 1.82) is 0 Å². The lowest BCUT2D eigenvalue weighted by atomic mass is 9.92. The summed E-state index contributed by atoms with van der Waals surface area (Å²) in [6, 6.07) is 0.366. The van der Waals surface area contributed by atoms with Crippen LogP contribution in [0.25, 0.3) is 11.3 Å². The Balaban J connectivity index is 1.64. The Hall–Kier alpha value is -1.75. The van der Waals surface area contributed by atoms with Crippen LogP contribution in [0.1, 0.15) is 38.4 Å². The number of nitrogens with zero attached hydrogens (tertiary/aromatic N) is 5. The molecule has 0 aromatic carbocycles. The fourth-order valence-corrected chi connectivity index (χ4v) is 2.92. The van der Waals surface area contributed by atoms with Gasteiger partial charge in [-0.25, -0.2) is 0 Å². The summed E-state index contributed by atoms with van der Waals surface area (Å²) in [6.45, 7) is 6.63. The van der Waals surface area contributed by atoms with Gasteiger partial charge in [0.2, 0.25) is 0 Å². The summed E-state index contributed by atoms with van der Waals surface area (Å²) in [5, 5.41) is 4.36. The first-order chi connectivity index (χ1) is 10.6. The summed E-state index contributed by atoms with van der Waals surface area (Å²) in [7, 11) is 2.20. The lowest BCUT2D eigenvalue weighted by Crippen LogP contribution is -2.31. The molecule has 0 atom stereocenters. The molecule has 0 spiro atoms. The van der Waals surface area contributed by atoms with E-state index in [1.165, 1.54) is 25.9 Å². The highest BCUT2D eigenvalue weighted by Gasteiger charge is 2.17. The van der Waals surface area contributed by atoms with Crippen molar-refractivity contribution in [2.24, 2.45) is 5.92 Å². The minimum atomic E-state index is 0.366.